The molecule has 2 rings (SSSR count). The largest absolute Gasteiger partial charge is 0.396 e. The van der Waals surface area contributed by atoms with Crippen molar-refractivity contribution in [1.82, 2.24) is 0 Å². The summed E-state index contributed by atoms with van der Waals surface area (Å²) >= 11 is 0. The van der Waals surface area contributed by atoms with Crippen LogP contribution in [0.2, 0.25) is 0 Å². The minimum absolute atomic E-state index is 0.104. The zero-order valence-corrected chi connectivity index (χ0v) is 12.9. The van der Waals surface area contributed by atoms with Gasteiger partial charge in [-0.15, -0.1) is 0 Å². The highest BCUT2D eigenvalue weighted by atomic mass is 31.2. The molecule has 0 bridgehead atoms. The van der Waals surface area contributed by atoms with Crippen LogP contribution in [-0.4, -0.2) is 24.9 Å². The van der Waals surface area contributed by atoms with Crippen molar-refractivity contribution in [3.8, 4) is 0 Å². The molecule has 0 atom stereocenters. The molecule has 1 aliphatic rings. The van der Waals surface area contributed by atoms with Gasteiger partial charge in [0.1, 0.15) is 0 Å². The highest BCUT2D eigenvalue weighted by Gasteiger charge is 2.40. The van der Waals surface area contributed by atoms with Crippen LogP contribution in [-0.2, 0) is 19.8 Å². The molecule has 0 aromatic heterocycles. The average Bonchev–Trinajstić information content (AvgIpc) is 2.48. The molecule has 1 aromatic rings. The summed E-state index contributed by atoms with van der Waals surface area (Å²) in [6, 6.07) is 9.63. The molecule has 5 heteroatoms. The van der Waals surface area contributed by atoms with Gasteiger partial charge in [-0.3, -0.25) is 4.57 Å². The Balaban J connectivity index is 1.97. The van der Waals surface area contributed by atoms with E-state index in [4.69, 9.17) is 14.2 Å². The molecule has 0 unspecified atom stereocenters. The van der Waals surface area contributed by atoms with Gasteiger partial charge < -0.3 is 14.2 Å². The van der Waals surface area contributed by atoms with Crippen LogP contribution < -0.4 is 0 Å². The molecule has 0 aliphatic carbocycles. The monoisotopic (exact) mass is 298 g/mol. The molecule has 20 heavy (non-hydrogen) atoms. The maximum Gasteiger partial charge on any atom is 0.335 e. The Bertz CT molecular complexity index is 448. The third-order valence-electron chi connectivity index (χ3n) is 3.97. The molecular formula is C15H23O4P. The highest BCUT2D eigenvalue weighted by molar-refractivity contribution is 7.53. The van der Waals surface area contributed by atoms with Crippen LogP contribution in [0.25, 0.3) is 0 Å². The molecule has 1 N–H and O–H groups in total. The van der Waals surface area contributed by atoms with Gasteiger partial charge in [-0.2, -0.15) is 0 Å². The van der Waals surface area contributed by atoms with Crippen LogP contribution in [0.3, 0.4) is 0 Å². The van der Waals surface area contributed by atoms with Crippen LogP contribution in [0.15, 0.2) is 30.3 Å². The summed E-state index contributed by atoms with van der Waals surface area (Å²) in [4.78, 5) is 0. The maximum atomic E-state index is 12.6. The summed E-state index contributed by atoms with van der Waals surface area (Å²) in [5.74, 6) is 0. The zero-order valence-electron chi connectivity index (χ0n) is 12.0. The van der Waals surface area contributed by atoms with Crippen LogP contribution >= 0.6 is 7.60 Å². The minimum Gasteiger partial charge on any atom is -0.396 e. The van der Waals surface area contributed by atoms with E-state index in [0.29, 0.717) is 19.4 Å². The van der Waals surface area contributed by atoms with E-state index >= 15 is 0 Å². The molecule has 1 fully saturated rings. The Morgan fingerprint density at radius 3 is 2.45 bits per heavy atom. The lowest BCUT2D eigenvalue weighted by Crippen LogP contribution is -2.35. The van der Waals surface area contributed by atoms with Crippen molar-refractivity contribution in [3.05, 3.63) is 35.9 Å². The first-order valence-electron chi connectivity index (χ1n) is 7.14. The lowest BCUT2D eigenvalue weighted by atomic mass is 9.82. The smallest absolute Gasteiger partial charge is 0.335 e. The van der Waals surface area contributed by atoms with E-state index in [1.165, 1.54) is 0 Å². The predicted molar refractivity (Wildman–Crippen MR) is 78.7 cm³/mol. The van der Waals surface area contributed by atoms with Crippen LogP contribution in [0.5, 0.6) is 0 Å². The van der Waals surface area contributed by atoms with Gasteiger partial charge >= 0.3 is 7.60 Å². The Morgan fingerprint density at radius 1 is 1.25 bits per heavy atom. The van der Waals surface area contributed by atoms with Crippen LogP contribution in [0.1, 0.15) is 31.7 Å². The maximum absolute atomic E-state index is 12.6. The topological polar surface area (TPSA) is 55.8 Å². The minimum atomic E-state index is -3.02. The molecule has 1 aliphatic heterocycles. The van der Waals surface area contributed by atoms with Crippen molar-refractivity contribution in [3.63, 3.8) is 0 Å². The normalized spacial score (nSPS) is 30.3. The van der Waals surface area contributed by atoms with Gasteiger partial charge in [0.05, 0.1) is 19.4 Å². The lowest BCUT2D eigenvalue weighted by Gasteiger charge is -2.39. The Kier molecular flexibility index (Phi) is 5.39. The van der Waals surface area contributed by atoms with Crippen molar-refractivity contribution >= 4 is 7.60 Å². The zero-order chi connectivity index (χ0) is 14.5. The van der Waals surface area contributed by atoms with E-state index in [2.05, 4.69) is 6.92 Å². The Morgan fingerprint density at radius 2 is 1.90 bits per heavy atom. The standard InChI is InChI=1S/C15H23O4P/c1-2-15(9-6-10-16)12-18-20(17,19-13-15)11-14-7-4-3-5-8-14/h3-5,7-8,16H,2,6,9-13H2,1H3. The van der Waals surface area contributed by atoms with Gasteiger partial charge in [0.15, 0.2) is 0 Å². The fourth-order valence-corrected chi connectivity index (χ4v) is 4.28. The molecular weight excluding hydrogens is 275 g/mol. The van der Waals surface area contributed by atoms with Crippen molar-refractivity contribution in [1.29, 1.82) is 0 Å². The van der Waals surface area contributed by atoms with E-state index in [9.17, 15) is 4.57 Å². The lowest BCUT2D eigenvalue weighted by molar-refractivity contribution is 0.00413. The molecule has 0 spiro atoms. The SMILES string of the molecule is CCC1(CCCO)COP(=O)(Cc2ccccc2)OC1. The number of aliphatic hydroxyl groups is 1. The van der Waals surface area contributed by atoms with Crippen LogP contribution in [0.4, 0.5) is 0 Å². The van der Waals surface area contributed by atoms with Gasteiger partial charge in [-0.1, -0.05) is 37.3 Å². The second-order valence-corrected chi connectivity index (χ2v) is 7.54. The second kappa shape index (κ2) is 6.86. The molecule has 0 radical (unpaired) electrons. The Hall–Kier alpha value is -0.670. The van der Waals surface area contributed by atoms with Crippen molar-refractivity contribution in [2.45, 2.75) is 32.3 Å². The third-order valence-corrected chi connectivity index (χ3v) is 5.77. The summed E-state index contributed by atoms with van der Waals surface area (Å²) < 4.78 is 23.8. The van der Waals surface area contributed by atoms with E-state index in [1.807, 2.05) is 30.3 Å². The summed E-state index contributed by atoms with van der Waals surface area (Å²) in [5, 5.41) is 8.97. The van der Waals surface area contributed by atoms with E-state index in [0.717, 1.165) is 24.8 Å². The first-order valence-corrected chi connectivity index (χ1v) is 8.87. The number of rotatable bonds is 6. The van der Waals surface area contributed by atoms with Gasteiger partial charge in [0, 0.05) is 12.0 Å². The number of aliphatic hydroxyl groups excluding tert-OH is 1. The molecule has 112 valence electrons. The average molecular weight is 298 g/mol. The number of hydrogen-bond donors (Lipinski definition) is 1. The second-order valence-electron chi connectivity index (χ2n) is 5.48. The van der Waals surface area contributed by atoms with E-state index < -0.39 is 7.60 Å². The van der Waals surface area contributed by atoms with Crippen molar-refractivity contribution in [2.24, 2.45) is 5.41 Å². The van der Waals surface area contributed by atoms with Crippen molar-refractivity contribution < 1.29 is 18.7 Å². The van der Waals surface area contributed by atoms with Gasteiger partial charge in [-0.25, -0.2) is 0 Å². The molecule has 0 saturated carbocycles. The first-order chi connectivity index (χ1) is 9.61. The van der Waals surface area contributed by atoms with E-state index in [-0.39, 0.29) is 12.0 Å². The fourth-order valence-electron chi connectivity index (χ4n) is 2.43. The third kappa shape index (κ3) is 3.92. The highest BCUT2D eigenvalue weighted by Crippen LogP contribution is 2.57. The summed E-state index contributed by atoms with van der Waals surface area (Å²) in [6.45, 7) is 3.15. The summed E-state index contributed by atoms with van der Waals surface area (Å²) in [5.41, 5.74) is 0.864. The quantitative estimate of drug-likeness (QED) is 0.815. The number of benzene rings is 1. The molecule has 1 heterocycles. The molecule has 4 nitrogen and oxygen atoms in total. The number of hydrogen-bond acceptors (Lipinski definition) is 4. The van der Waals surface area contributed by atoms with E-state index in [1.54, 1.807) is 0 Å². The summed E-state index contributed by atoms with van der Waals surface area (Å²) in [7, 11) is -3.02. The Labute approximate surface area is 120 Å². The molecule has 1 aromatic carbocycles. The first kappa shape index (κ1) is 15.7. The molecule has 0 amide bonds. The van der Waals surface area contributed by atoms with Gasteiger partial charge in [-0.05, 0) is 24.8 Å². The van der Waals surface area contributed by atoms with Gasteiger partial charge in [0.2, 0.25) is 0 Å². The molecule has 1 saturated heterocycles. The summed E-state index contributed by atoms with van der Waals surface area (Å²) in [6.07, 6.45) is 2.79. The van der Waals surface area contributed by atoms with Gasteiger partial charge in [0.25, 0.3) is 0 Å². The fraction of sp³-hybridized carbons (Fsp3) is 0.600. The predicted octanol–water partition coefficient (Wildman–Crippen LogP) is 3.60. The van der Waals surface area contributed by atoms with Crippen LogP contribution in [0, 0.1) is 5.41 Å². The van der Waals surface area contributed by atoms with Crippen molar-refractivity contribution in [2.75, 3.05) is 19.8 Å².